The first kappa shape index (κ1) is 30.3. The second-order valence-corrected chi connectivity index (χ2v) is 11.1. The van der Waals surface area contributed by atoms with Gasteiger partial charge in [-0.3, -0.25) is 24.6 Å². The van der Waals surface area contributed by atoms with E-state index in [2.05, 4.69) is 10.0 Å². The maximum absolute atomic E-state index is 13.5. The molecule has 3 aromatic carbocycles. The monoisotopic (exact) mass is 590 g/mol. The summed E-state index contributed by atoms with van der Waals surface area (Å²) in [7, 11) is -1.89. The molecule has 0 radical (unpaired) electrons. The second-order valence-electron chi connectivity index (χ2n) is 9.76. The van der Waals surface area contributed by atoms with Crippen LogP contribution in [-0.4, -0.2) is 43.2 Å². The van der Waals surface area contributed by atoms with Gasteiger partial charge in [-0.05, 0) is 48.2 Å². The molecule has 3 unspecified atom stereocenters. The number of carbonyl (C=O) groups excluding carboxylic acids is 3. The van der Waals surface area contributed by atoms with Gasteiger partial charge in [-0.2, -0.15) is 0 Å². The van der Waals surface area contributed by atoms with E-state index in [4.69, 9.17) is 4.74 Å². The van der Waals surface area contributed by atoms with Crippen molar-refractivity contribution in [3.05, 3.63) is 123 Å². The van der Waals surface area contributed by atoms with Crippen LogP contribution in [0.1, 0.15) is 30.5 Å². The molecule has 2 amide bonds. The Kier molecular flexibility index (Phi) is 9.94. The average Bonchev–Trinajstić information content (AvgIpc) is 2.98. The number of esters is 1. The fourth-order valence-corrected chi connectivity index (χ4v) is 5.68. The maximum atomic E-state index is 13.5. The molecule has 1 heterocycles. The molecule has 3 atom stereocenters. The van der Waals surface area contributed by atoms with Crippen LogP contribution in [0.5, 0.6) is 0 Å². The number of nitrogens with one attached hydrogen (secondary N) is 2. The highest BCUT2D eigenvalue weighted by Gasteiger charge is 2.55. The van der Waals surface area contributed by atoms with E-state index in [1.165, 1.54) is 24.3 Å². The molecule has 0 aliphatic carbocycles. The molecule has 12 heteroatoms. The molecular formula is C30H30N4O7S. The largest absolute Gasteiger partial charge is 0.456 e. The number of carbonyl (C=O) groups is 3. The summed E-state index contributed by atoms with van der Waals surface area (Å²) >= 11 is 0. The summed E-state index contributed by atoms with van der Waals surface area (Å²) in [5.74, 6) is -1.86. The number of amides is 2. The van der Waals surface area contributed by atoms with Gasteiger partial charge in [0.25, 0.3) is 11.6 Å². The van der Waals surface area contributed by atoms with E-state index in [-0.39, 0.29) is 31.0 Å². The molecule has 1 aliphatic rings. The van der Waals surface area contributed by atoms with Crippen LogP contribution >= 0.6 is 0 Å². The molecule has 0 saturated carbocycles. The highest BCUT2D eigenvalue weighted by atomic mass is 32.2. The number of allylic oxidation sites excluding steroid dienone is 1. The van der Waals surface area contributed by atoms with E-state index in [0.29, 0.717) is 11.1 Å². The fraction of sp³-hybridized carbons (Fsp3) is 0.233. The van der Waals surface area contributed by atoms with Gasteiger partial charge < -0.3 is 10.1 Å². The van der Waals surface area contributed by atoms with Gasteiger partial charge in [0.1, 0.15) is 29.3 Å². The van der Waals surface area contributed by atoms with Gasteiger partial charge in [0.15, 0.2) is 5.37 Å². The van der Waals surface area contributed by atoms with Crippen molar-refractivity contribution in [1.82, 2.24) is 14.9 Å². The molecule has 42 heavy (non-hydrogen) atoms. The number of nitro groups is 1. The highest BCUT2D eigenvalue weighted by Crippen LogP contribution is 2.30. The van der Waals surface area contributed by atoms with E-state index in [1.807, 2.05) is 36.4 Å². The van der Waals surface area contributed by atoms with Crippen LogP contribution in [0.25, 0.3) is 0 Å². The molecular weight excluding hydrogens is 560 g/mol. The summed E-state index contributed by atoms with van der Waals surface area (Å²) in [6, 6.07) is 22.6. The summed E-state index contributed by atoms with van der Waals surface area (Å²) in [4.78, 5) is 51.0. The summed E-state index contributed by atoms with van der Waals surface area (Å²) in [6.45, 7) is 3.27. The van der Waals surface area contributed by atoms with Gasteiger partial charge in [-0.1, -0.05) is 60.7 Å². The minimum Gasteiger partial charge on any atom is -0.456 e. The lowest BCUT2D eigenvalue weighted by molar-refractivity contribution is -0.384. The Morgan fingerprint density at radius 3 is 2.10 bits per heavy atom. The molecule has 0 aromatic heterocycles. The number of β-lactam (4-membered cyclic amide) rings is 1. The summed E-state index contributed by atoms with van der Waals surface area (Å²) in [5.41, 5.74) is 2.37. The van der Waals surface area contributed by atoms with Gasteiger partial charge in [-0.25, -0.2) is 13.7 Å². The quantitative estimate of drug-likeness (QED) is 0.108. The first-order valence-corrected chi connectivity index (χ1v) is 14.3. The lowest BCUT2D eigenvalue weighted by Gasteiger charge is -2.46. The SMILES string of the molecule is CC(C)=C(C(=O)OCc1ccc([N+](=O)[O-])cc1)N1C(=O)C(NC(=O)Cc2ccccc2)C1S(=O)NCc1ccccc1. The van der Waals surface area contributed by atoms with E-state index < -0.39 is 45.1 Å². The molecule has 0 spiro atoms. The number of hydrogen-bond donors (Lipinski definition) is 2. The van der Waals surface area contributed by atoms with Crippen molar-refractivity contribution in [3.8, 4) is 0 Å². The van der Waals surface area contributed by atoms with Crippen molar-refractivity contribution in [2.24, 2.45) is 0 Å². The van der Waals surface area contributed by atoms with Gasteiger partial charge in [0.05, 0.1) is 11.3 Å². The first-order valence-electron chi connectivity index (χ1n) is 13.1. The van der Waals surface area contributed by atoms with Gasteiger partial charge in [-0.15, -0.1) is 0 Å². The number of hydrogen-bond acceptors (Lipinski definition) is 7. The third-order valence-electron chi connectivity index (χ3n) is 6.47. The lowest BCUT2D eigenvalue weighted by atomic mass is 10.0. The van der Waals surface area contributed by atoms with Crippen LogP contribution in [0.2, 0.25) is 0 Å². The number of rotatable bonds is 12. The smallest absolute Gasteiger partial charge is 0.355 e. The first-order chi connectivity index (χ1) is 20.2. The number of ether oxygens (including phenoxy) is 1. The Morgan fingerprint density at radius 2 is 1.52 bits per heavy atom. The molecule has 2 N–H and O–H groups in total. The zero-order chi connectivity index (χ0) is 30.2. The van der Waals surface area contributed by atoms with E-state index in [9.17, 15) is 28.7 Å². The zero-order valence-electron chi connectivity index (χ0n) is 23.0. The third kappa shape index (κ3) is 7.33. The Hall–Kier alpha value is -4.68. The normalized spacial score (nSPS) is 16.6. The van der Waals surface area contributed by atoms with Crippen molar-refractivity contribution in [3.63, 3.8) is 0 Å². The molecule has 0 bridgehead atoms. The molecule has 11 nitrogen and oxygen atoms in total. The maximum Gasteiger partial charge on any atom is 0.355 e. The molecule has 4 rings (SSSR count). The van der Waals surface area contributed by atoms with Crippen LogP contribution in [0, 0.1) is 10.1 Å². The van der Waals surface area contributed by atoms with Crippen LogP contribution in [0.4, 0.5) is 5.69 Å². The van der Waals surface area contributed by atoms with E-state index >= 15 is 0 Å². The predicted molar refractivity (Wildman–Crippen MR) is 155 cm³/mol. The van der Waals surface area contributed by atoms with Gasteiger partial charge in [0, 0.05) is 18.7 Å². The second kappa shape index (κ2) is 13.8. The Morgan fingerprint density at radius 1 is 0.929 bits per heavy atom. The molecule has 3 aromatic rings. The van der Waals surface area contributed by atoms with E-state index in [0.717, 1.165) is 16.0 Å². The predicted octanol–water partition coefficient (Wildman–Crippen LogP) is 3.28. The number of benzene rings is 3. The van der Waals surface area contributed by atoms with Crippen molar-refractivity contribution in [2.45, 2.75) is 44.8 Å². The van der Waals surface area contributed by atoms with Crippen molar-refractivity contribution >= 4 is 34.5 Å². The lowest BCUT2D eigenvalue weighted by Crippen LogP contribution is -2.73. The molecule has 1 aliphatic heterocycles. The zero-order valence-corrected chi connectivity index (χ0v) is 23.8. The number of likely N-dealkylation sites (tertiary alicyclic amines) is 1. The van der Waals surface area contributed by atoms with Crippen molar-refractivity contribution in [1.29, 1.82) is 0 Å². The third-order valence-corrected chi connectivity index (χ3v) is 7.82. The summed E-state index contributed by atoms with van der Waals surface area (Å²) < 4.78 is 21.9. The minimum absolute atomic E-state index is 0.0220. The van der Waals surface area contributed by atoms with Crippen LogP contribution in [-0.2, 0) is 49.7 Å². The summed E-state index contributed by atoms with van der Waals surface area (Å²) in [6.07, 6.45) is 0.0220. The topological polar surface area (TPSA) is 148 Å². The fourth-order valence-electron chi connectivity index (χ4n) is 4.37. The van der Waals surface area contributed by atoms with Gasteiger partial charge in [0.2, 0.25) is 5.91 Å². The van der Waals surface area contributed by atoms with Crippen LogP contribution in [0.3, 0.4) is 0 Å². The minimum atomic E-state index is -1.89. The van der Waals surface area contributed by atoms with Crippen molar-refractivity contribution < 1.29 is 28.3 Å². The van der Waals surface area contributed by atoms with Gasteiger partial charge >= 0.3 is 5.97 Å². The summed E-state index contributed by atoms with van der Waals surface area (Å²) in [5, 5.41) is 12.5. The molecule has 1 fully saturated rings. The van der Waals surface area contributed by atoms with E-state index in [1.54, 1.807) is 38.1 Å². The Bertz CT molecular complexity index is 1510. The van der Waals surface area contributed by atoms with Crippen LogP contribution < -0.4 is 10.0 Å². The number of nitrogens with zero attached hydrogens (tertiary/aromatic N) is 2. The Balaban J connectivity index is 1.52. The van der Waals surface area contributed by atoms with Crippen molar-refractivity contribution in [2.75, 3.05) is 0 Å². The standard InChI is InChI=1S/C30H30N4O7S/c1-20(2)27(30(37)41-19-23-13-15-24(16-14-23)34(38)39)33-28(36)26(32-25(35)17-21-9-5-3-6-10-21)29(33)42(40)31-18-22-11-7-4-8-12-22/h3-16,26,29,31H,17-19H2,1-2H3,(H,32,35). The van der Waals surface area contributed by atoms with Crippen LogP contribution in [0.15, 0.2) is 96.2 Å². The molecule has 218 valence electrons. The average molecular weight is 591 g/mol. The number of nitro benzene ring substituents is 1. The Labute approximate surface area is 245 Å². The number of non-ortho nitro benzene ring substituents is 1. The highest BCUT2D eigenvalue weighted by molar-refractivity contribution is 7.83. The molecule has 1 saturated heterocycles.